The van der Waals surface area contributed by atoms with Crippen LogP contribution in [0.5, 0.6) is 0 Å². The third-order valence-electron chi connectivity index (χ3n) is 4.95. The highest BCUT2D eigenvalue weighted by atomic mass is 16.5. The second kappa shape index (κ2) is 5.62. The Kier molecular flexibility index (Phi) is 4.02. The zero-order valence-electron chi connectivity index (χ0n) is 12.6. The van der Waals surface area contributed by atoms with E-state index in [-0.39, 0.29) is 12.1 Å². The van der Waals surface area contributed by atoms with Gasteiger partial charge >= 0.3 is 5.97 Å². The maximum absolute atomic E-state index is 12.3. The highest BCUT2D eigenvalue weighted by Crippen LogP contribution is 2.37. The molecule has 3 unspecified atom stereocenters. The quantitative estimate of drug-likeness (QED) is 0.760. The molecule has 0 aromatic rings. The number of nitrogens with zero attached hydrogens (tertiary/aromatic N) is 1. The topological polar surface area (TPSA) is 50.8 Å². The second-order valence-electron chi connectivity index (χ2n) is 6.55. The Hall–Kier alpha value is -0.650. The van der Waals surface area contributed by atoms with Gasteiger partial charge in [-0.25, -0.2) is 0 Å². The summed E-state index contributed by atoms with van der Waals surface area (Å²) in [4.78, 5) is 14.8. The van der Waals surface area contributed by atoms with E-state index in [0.717, 1.165) is 39.0 Å². The Morgan fingerprint density at radius 3 is 2.85 bits per heavy atom. The zero-order chi connectivity index (χ0) is 14.2. The van der Waals surface area contributed by atoms with Crippen LogP contribution in [0.3, 0.4) is 0 Å². The van der Waals surface area contributed by atoms with Gasteiger partial charge in [0.1, 0.15) is 5.54 Å². The second-order valence-corrected chi connectivity index (χ2v) is 6.55. The molecule has 3 rings (SSSR count). The molecule has 2 saturated heterocycles. The van der Waals surface area contributed by atoms with Gasteiger partial charge in [-0.2, -0.15) is 0 Å². The van der Waals surface area contributed by atoms with Crippen molar-refractivity contribution in [3.63, 3.8) is 0 Å². The van der Waals surface area contributed by atoms with Crippen molar-refractivity contribution < 1.29 is 14.3 Å². The van der Waals surface area contributed by atoms with E-state index < -0.39 is 5.54 Å². The number of methoxy groups -OCH3 is 1. The Bertz CT molecular complexity index is 366. The molecule has 0 amide bonds. The van der Waals surface area contributed by atoms with E-state index in [9.17, 15) is 4.79 Å². The first-order chi connectivity index (χ1) is 9.64. The molecule has 3 atom stereocenters. The van der Waals surface area contributed by atoms with Crippen molar-refractivity contribution in [3.8, 4) is 0 Å². The number of likely N-dealkylation sites (tertiary alicyclic amines) is 1. The van der Waals surface area contributed by atoms with Crippen LogP contribution in [0.2, 0.25) is 0 Å². The molecule has 114 valence electrons. The molecule has 1 saturated carbocycles. The fourth-order valence-corrected chi connectivity index (χ4v) is 3.71. The van der Waals surface area contributed by atoms with E-state index in [1.54, 1.807) is 0 Å². The molecular weight excluding hydrogens is 256 g/mol. The lowest BCUT2D eigenvalue weighted by Crippen LogP contribution is -2.56. The smallest absolute Gasteiger partial charge is 0.327 e. The van der Waals surface area contributed by atoms with E-state index in [0.29, 0.717) is 12.1 Å². The predicted molar refractivity (Wildman–Crippen MR) is 75.5 cm³/mol. The molecule has 20 heavy (non-hydrogen) atoms. The van der Waals surface area contributed by atoms with Crippen LogP contribution in [0.25, 0.3) is 0 Å². The molecule has 5 heteroatoms. The van der Waals surface area contributed by atoms with Crippen LogP contribution in [0.1, 0.15) is 39.0 Å². The van der Waals surface area contributed by atoms with Crippen LogP contribution >= 0.6 is 0 Å². The summed E-state index contributed by atoms with van der Waals surface area (Å²) in [6.07, 6.45) is 5.85. The Morgan fingerprint density at radius 2 is 2.25 bits per heavy atom. The highest BCUT2D eigenvalue weighted by Gasteiger charge is 2.52. The summed E-state index contributed by atoms with van der Waals surface area (Å²) in [6.45, 7) is 4.59. The summed E-state index contributed by atoms with van der Waals surface area (Å²) in [5.74, 6) is -0.120. The Balaban J connectivity index is 1.66. The van der Waals surface area contributed by atoms with Gasteiger partial charge < -0.3 is 9.47 Å². The summed E-state index contributed by atoms with van der Waals surface area (Å²) in [5.41, 5.74) is -0.539. The number of rotatable bonds is 5. The van der Waals surface area contributed by atoms with Gasteiger partial charge in [0.15, 0.2) is 0 Å². The average molecular weight is 282 g/mol. The summed E-state index contributed by atoms with van der Waals surface area (Å²) in [7, 11) is 1.49. The minimum Gasteiger partial charge on any atom is -0.468 e. The van der Waals surface area contributed by atoms with Crippen LogP contribution in [0, 0.1) is 0 Å². The van der Waals surface area contributed by atoms with Crippen molar-refractivity contribution in [2.45, 2.75) is 62.8 Å². The maximum atomic E-state index is 12.3. The Morgan fingerprint density at radius 1 is 1.45 bits per heavy atom. The largest absolute Gasteiger partial charge is 0.468 e. The third-order valence-corrected chi connectivity index (χ3v) is 4.95. The molecule has 0 radical (unpaired) electrons. The van der Waals surface area contributed by atoms with Gasteiger partial charge in [-0.05, 0) is 39.0 Å². The van der Waals surface area contributed by atoms with Gasteiger partial charge in [0.2, 0.25) is 0 Å². The molecular formula is C15H26N2O3. The van der Waals surface area contributed by atoms with Crippen molar-refractivity contribution >= 4 is 5.97 Å². The van der Waals surface area contributed by atoms with Crippen molar-refractivity contribution in [1.82, 2.24) is 10.2 Å². The SMILES string of the molecule is COC(=O)C1(NCC2CCCO2)CC(C)N(C2CC2)C1. The third kappa shape index (κ3) is 2.71. The number of hydrogen-bond acceptors (Lipinski definition) is 5. The fourth-order valence-electron chi connectivity index (χ4n) is 3.71. The molecule has 3 fully saturated rings. The summed E-state index contributed by atoms with van der Waals surface area (Å²) in [6, 6.07) is 1.12. The highest BCUT2D eigenvalue weighted by molar-refractivity contribution is 5.81. The predicted octanol–water partition coefficient (Wildman–Crippen LogP) is 0.923. The van der Waals surface area contributed by atoms with Gasteiger partial charge in [0.25, 0.3) is 0 Å². The number of esters is 1. The van der Waals surface area contributed by atoms with Crippen LogP contribution in [-0.4, -0.2) is 61.4 Å². The molecule has 0 aromatic carbocycles. The number of ether oxygens (including phenoxy) is 2. The van der Waals surface area contributed by atoms with Crippen LogP contribution in [-0.2, 0) is 14.3 Å². The molecule has 0 bridgehead atoms. The molecule has 2 heterocycles. The first kappa shape index (κ1) is 14.3. The first-order valence-corrected chi connectivity index (χ1v) is 7.85. The van der Waals surface area contributed by atoms with Crippen LogP contribution < -0.4 is 5.32 Å². The number of carbonyl (C=O) groups excluding carboxylic acids is 1. The van der Waals surface area contributed by atoms with Crippen molar-refractivity contribution in [3.05, 3.63) is 0 Å². The minimum absolute atomic E-state index is 0.120. The molecule has 1 N–H and O–H groups in total. The summed E-state index contributed by atoms with van der Waals surface area (Å²) < 4.78 is 10.7. The maximum Gasteiger partial charge on any atom is 0.327 e. The van der Waals surface area contributed by atoms with E-state index in [2.05, 4.69) is 17.1 Å². The zero-order valence-corrected chi connectivity index (χ0v) is 12.6. The number of hydrogen-bond donors (Lipinski definition) is 1. The molecule has 0 aromatic heterocycles. The normalized spacial score (nSPS) is 38.3. The van der Waals surface area contributed by atoms with E-state index in [4.69, 9.17) is 9.47 Å². The summed E-state index contributed by atoms with van der Waals surface area (Å²) in [5, 5.41) is 3.49. The van der Waals surface area contributed by atoms with Gasteiger partial charge in [-0.1, -0.05) is 0 Å². The molecule has 5 nitrogen and oxygen atoms in total. The van der Waals surface area contributed by atoms with Crippen molar-refractivity contribution in [2.24, 2.45) is 0 Å². The monoisotopic (exact) mass is 282 g/mol. The first-order valence-electron chi connectivity index (χ1n) is 7.85. The molecule has 3 aliphatic rings. The minimum atomic E-state index is -0.539. The molecule has 1 aliphatic carbocycles. The summed E-state index contributed by atoms with van der Waals surface area (Å²) >= 11 is 0. The molecule has 0 spiro atoms. The van der Waals surface area contributed by atoms with Gasteiger partial charge in [0.05, 0.1) is 13.2 Å². The fraction of sp³-hybridized carbons (Fsp3) is 0.933. The van der Waals surface area contributed by atoms with Gasteiger partial charge in [-0.15, -0.1) is 0 Å². The lowest BCUT2D eigenvalue weighted by molar-refractivity contribution is -0.148. The van der Waals surface area contributed by atoms with Crippen LogP contribution in [0.15, 0.2) is 0 Å². The lowest BCUT2D eigenvalue weighted by atomic mass is 9.96. The van der Waals surface area contributed by atoms with Crippen LogP contribution in [0.4, 0.5) is 0 Å². The van der Waals surface area contributed by atoms with Crippen molar-refractivity contribution in [2.75, 3.05) is 26.8 Å². The van der Waals surface area contributed by atoms with E-state index in [1.165, 1.54) is 20.0 Å². The number of nitrogens with one attached hydrogen (secondary N) is 1. The lowest BCUT2D eigenvalue weighted by Gasteiger charge is -2.29. The number of carbonyl (C=O) groups is 1. The van der Waals surface area contributed by atoms with Crippen molar-refractivity contribution in [1.29, 1.82) is 0 Å². The van der Waals surface area contributed by atoms with E-state index >= 15 is 0 Å². The van der Waals surface area contributed by atoms with E-state index in [1.807, 2.05) is 0 Å². The van der Waals surface area contributed by atoms with Gasteiger partial charge in [0, 0.05) is 31.8 Å². The van der Waals surface area contributed by atoms with Gasteiger partial charge in [-0.3, -0.25) is 15.0 Å². The average Bonchev–Trinajstić information content (AvgIpc) is 3.04. The Labute approximate surface area is 121 Å². The standard InChI is InChI=1S/C15H26N2O3/c1-11-8-15(14(18)19-2,10-17(11)12-5-6-12)16-9-13-4-3-7-20-13/h11-13,16H,3-10H2,1-2H3. The molecule has 2 aliphatic heterocycles.